The first-order valence-corrected chi connectivity index (χ1v) is 11.0. The van der Waals surface area contributed by atoms with Gasteiger partial charge in [-0.15, -0.1) is 0 Å². The lowest BCUT2D eigenvalue weighted by Crippen LogP contribution is -2.41. The second-order valence-electron chi connectivity index (χ2n) is 7.34. The Labute approximate surface area is 189 Å². The van der Waals surface area contributed by atoms with Crippen molar-refractivity contribution < 1.29 is 9.26 Å². The van der Waals surface area contributed by atoms with Gasteiger partial charge in [0.25, 0.3) is 5.56 Å². The maximum absolute atomic E-state index is 12.9. The van der Waals surface area contributed by atoms with Crippen LogP contribution in [0.5, 0.6) is 5.75 Å². The van der Waals surface area contributed by atoms with E-state index in [0.717, 1.165) is 16.9 Å². The molecule has 164 valence electrons. The molecule has 0 atom stereocenters. The number of aromatic nitrogens is 3. The summed E-state index contributed by atoms with van der Waals surface area (Å²) in [6.45, 7) is 1.99. The van der Waals surface area contributed by atoms with Gasteiger partial charge in [-0.1, -0.05) is 47.3 Å². The summed E-state index contributed by atoms with van der Waals surface area (Å²) < 4.78 is 13.4. The van der Waals surface area contributed by atoms with Crippen molar-refractivity contribution >= 4 is 11.8 Å². The predicted octanol–water partition coefficient (Wildman–Crippen LogP) is 3.86. The van der Waals surface area contributed by atoms with Gasteiger partial charge in [-0.05, 0) is 36.8 Å². The largest absolute Gasteiger partial charge is 0.497 e. The molecule has 32 heavy (non-hydrogen) atoms. The monoisotopic (exact) mass is 449 g/mol. The molecule has 0 spiro atoms. The molecule has 0 saturated carbocycles. The van der Waals surface area contributed by atoms with Crippen molar-refractivity contribution in [2.75, 3.05) is 7.11 Å². The molecule has 0 N–H and O–H groups in total. The van der Waals surface area contributed by atoms with Crippen LogP contribution in [-0.4, -0.2) is 21.4 Å². The fourth-order valence-electron chi connectivity index (χ4n) is 3.43. The Morgan fingerprint density at radius 2 is 1.78 bits per heavy atom. The molecule has 2 aromatic heterocycles. The Balaban J connectivity index is 1.54. The summed E-state index contributed by atoms with van der Waals surface area (Å²) in [7, 11) is 3.30. The molecule has 4 aromatic rings. The summed E-state index contributed by atoms with van der Waals surface area (Å²) in [5, 5.41) is 4.75. The Morgan fingerprint density at radius 1 is 1.06 bits per heavy atom. The van der Waals surface area contributed by atoms with Crippen molar-refractivity contribution in [3.63, 3.8) is 0 Å². The predicted molar refractivity (Wildman–Crippen MR) is 124 cm³/mol. The maximum Gasteiger partial charge on any atom is 0.331 e. The fraction of sp³-hybridized carbons (Fsp3) is 0.208. The second-order valence-corrected chi connectivity index (χ2v) is 8.31. The van der Waals surface area contributed by atoms with Gasteiger partial charge in [0, 0.05) is 24.2 Å². The second kappa shape index (κ2) is 9.32. The van der Waals surface area contributed by atoms with Crippen LogP contribution in [0, 0.1) is 6.92 Å². The Morgan fingerprint density at radius 3 is 2.47 bits per heavy atom. The summed E-state index contributed by atoms with van der Waals surface area (Å²) >= 11 is 1.38. The molecule has 0 amide bonds. The molecular formula is C24H23N3O4S. The molecule has 0 unspecified atom stereocenters. The molecule has 0 aliphatic heterocycles. The molecule has 0 radical (unpaired) electrons. The Hall–Kier alpha value is -3.52. The first-order chi connectivity index (χ1) is 15.5. The zero-order valence-electron chi connectivity index (χ0n) is 18.1. The molecule has 8 heteroatoms. The first-order valence-electron chi connectivity index (χ1n) is 10.0. The molecular weight excluding hydrogens is 426 g/mol. The van der Waals surface area contributed by atoms with Crippen LogP contribution in [0.2, 0.25) is 0 Å². The van der Waals surface area contributed by atoms with E-state index in [1.807, 2.05) is 60.7 Å². The van der Waals surface area contributed by atoms with Crippen molar-refractivity contribution in [3.8, 4) is 17.0 Å². The van der Waals surface area contributed by atoms with Crippen molar-refractivity contribution in [1.29, 1.82) is 0 Å². The third-order valence-electron chi connectivity index (χ3n) is 5.19. The van der Waals surface area contributed by atoms with Crippen molar-refractivity contribution in [2.45, 2.75) is 24.2 Å². The molecule has 0 bridgehead atoms. The Kier molecular flexibility index (Phi) is 6.32. The van der Waals surface area contributed by atoms with Crippen LogP contribution in [0.4, 0.5) is 0 Å². The molecule has 0 saturated heterocycles. The number of ether oxygens (including phenoxy) is 1. The lowest BCUT2D eigenvalue weighted by atomic mass is 10.1. The molecule has 0 fully saturated rings. The van der Waals surface area contributed by atoms with Gasteiger partial charge in [-0.2, -0.15) is 0 Å². The number of nitrogens with zero attached hydrogens (tertiary/aromatic N) is 3. The highest BCUT2D eigenvalue weighted by Crippen LogP contribution is 2.27. The number of benzene rings is 2. The van der Waals surface area contributed by atoms with E-state index in [2.05, 4.69) is 5.16 Å². The van der Waals surface area contributed by atoms with Gasteiger partial charge in [-0.25, -0.2) is 4.79 Å². The summed E-state index contributed by atoms with van der Waals surface area (Å²) in [4.78, 5) is 25.8. The van der Waals surface area contributed by atoms with Crippen LogP contribution >= 0.6 is 11.8 Å². The van der Waals surface area contributed by atoms with E-state index in [9.17, 15) is 9.59 Å². The lowest BCUT2D eigenvalue weighted by Gasteiger charge is -2.14. The normalized spacial score (nSPS) is 11.0. The minimum Gasteiger partial charge on any atom is -0.497 e. The van der Waals surface area contributed by atoms with Crippen LogP contribution < -0.4 is 16.0 Å². The molecule has 0 aliphatic rings. The van der Waals surface area contributed by atoms with Gasteiger partial charge in [0.2, 0.25) is 0 Å². The van der Waals surface area contributed by atoms with E-state index in [-0.39, 0.29) is 17.8 Å². The van der Waals surface area contributed by atoms with Gasteiger partial charge in [0.15, 0.2) is 0 Å². The van der Waals surface area contributed by atoms with Gasteiger partial charge in [0.1, 0.15) is 17.2 Å². The van der Waals surface area contributed by atoms with Crippen LogP contribution in [0.15, 0.2) is 79.8 Å². The average molecular weight is 450 g/mol. The standard InChI is InChI=1S/C24H23N3O4S/c1-16-22(28)27(14-17-7-5-4-6-8-17)24(29)26(2)23(16)32-15-20-13-21(25-31-20)18-9-11-19(30-3)12-10-18/h4-13H,14-15H2,1-3H3. The number of methoxy groups -OCH3 is 1. The number of rotatable bonds is 7. The molecule has 2 heterocycles. The molecule has 0 aliphatic carbocycles. The zero-order chi connectivity index (χ0) is 22.7. The first kappa shape index (κ1) is 21.7. The maximum atomic E-state index is 12.9. The van der Waals surface area contributed by atoms with Crippen molar-refractivity contribution in [3.05, 3.63) is 98.4 Å². The Bertz CT molecular complexity index is 1300. The fourth-order valence-corrected chi connectivity index (χ4v) is 4.42. The van der Waals surface area contributed by atoms with E-state index >= 15 is 0 Å². The van der Waals surface area contributed by atoms with Crippen LogP contribution in [0.25, 0.3) is 11.3 Å². The van der Waals surface area contributed by atoms with Crippen LogP contribution in [0.1, 0.15) is 16.9 Å². The molecule has 7 nitrogen and oxygen atoms in total. The van der Waals surface area contributed by atoms with E-state index in [1.165, 1.54) is 20.9 Å². The summed E-state index contributed by atoms with van der Waals surface area (Å²) in [6.07, 6.45) is 0. The van der Waals surface area contributed by atoms with E-state index in [0.29, 0.717) is 27.8 Å². The SMILES string of the molecule is COc1ccc(-c2cc(CSc3c(C)c(=O)n(Cc4ccccc4)c(=O)n3C)on2)cc1. The highest BCUT2D eigenvalue weighted by molar-refractivity contribution is 7.98. The summed E-state index contributed by atoms with van der Waals surface area (Å²) in [5.41, 5.74) is 2.44. The lowest BCUT2D eigenvalue weighted by molar-refractivity contribution is 0.397. The smallest absolute Gasteiger partial charge is 0.331 e. The average Bonchev–Trinajstić information content (AvgIpc) is 3.30. The topological polar surface area (TPSA) is 79.3 Å². The number of hydrogen-bond donors (Lipinski definition) is 0. The van der Waals surface area contributed by atoms with Gasteiger partial charge >= 0.3 is 5.69 Å². The minimum atomic E-state index is -0.344. The minimum absolute atomic E-state index is 0.242. The van der Waals surface area contributed by atoms with E-state index in [1.54, 1.807) is 21.1 Å². The van der Waals surface area contributed by atoms with Gasteiger partial charge < -0.3 is 9.26 Å². The third kappa shape index (κ3) is 4.40. The van der Waals surface area contributed by atoms with Gasteiger partial charge in [-0.3, -0.25) is 13.9 Å². The highest BCUT2D eigenvalue weighted by Gasteiger charge is 2.16. The highest BCUT2D eigenvalue weighted by atomic mass is 32.2. The van der Waals surface area contributed by atoms with Crippen molar-refractivity contribution in [1.82, 2.24) is 14.3 Å². The summed E-state index contributed by atoms with van der Waals surface area (Å²) in [5.74, 6) is 1.87. The quantitative estimate of drug-likeness (QED) is 0.315. The third-order valence-corrected chi connectivity index (χ3v) is 6.47. The molecule has 2 aromatic carbocycles. The number of thioether (sulfide) groups is 1. The zero-order valence-corrected chi connectivity index (χ0v) is 18.9. The number of hydrogen-bond acceptors (Lipinski definition) is 6. The van der Waals surface area contributed by atoms with E-state index < -0.39 is 0 Å². The van der Waals surface area contributed by atoms with E-state index in [4.69, 9.17) is 9.26 Å². The van der Waals surface area contributed by atoms with Gasteiger partial charge in [0.05, 0.1) is 24.4 Å². The summed E-state index contributed by atoms with van der Waals surface area (Å²) in [6, 6.07) is 18.9. The van der Waals surface area contributed by atoms with Crippen LogP contribution in [0.3, 0.4) is 0 Å². The van der Waals surface area contributed by atoms with Crippen LogP contribution in [-0.2, 0) is 19.3 Å². The van der Waals surface area contributed by atoms with Crippen molar-refractivity contribution in [2.24, 2.45) is 7.05 Å². The molecule has 4 rings (SSSR count).